The van der Waals surface area contributed by atoms with Crippen LogP contribution in [0.4, 0.5) is 0 Å². The lowest BCUT2D eigenvalue weighted by molar-refractivity contribution is -0.146. The molecule has 0 amide bonds. The lowest BCUT2D eigenvalue weighted by atomic mass is 10.3. The lowest BCUT2D eigenvalue weighted by Gasteiger charge is -2.19. The molecule has 2 heterocycles. The Labute approximate surface area is 97.5 Å². The van der Waals surface area contributed by atoms with Crippen molar-refractivity contribution in [1.82, 2.24) is 0 Å². The summed E-state index contributed by atoms with van der Waals surface area (Å²) in [7, 11) is 0. The largest absolute Gasteiger partial charge is 0.343 e. The first-order chi connectivity index (χ1) is 6.12. The molecule has 1 aliphatic heterocycles. The summed E-state index contributed by atoms with van der Waals surface area (Å²) in [6.45, 7) is 3.29. The lowest BCUT2D eigenvalue weighted by Crippen LogP contribution is -2.20. The van der Waals surface area contributed by atoms with Crippen molar-refractivity contribution < 1.29 is 9.47 Å². The highest BCUT2D eigenvalue weighted by Gasteiger charge is 2.35. The molecule has 0 radical (unpaired) electrons. The highest BCUT2D eigenvalue weighted by molar-refractivity contribution is 9.13. The maximum atomic E-state index is 5.54. The van der Waals surface area contributed by atoms with E-state index in [0.717, 1.165) is 13.1 Å². The van der Waals surface area contributed by atoms with Crippen LogP contribution in [-0.2, 0) is 15.3 Å². The third kappa shape index (κ3) is 1.85. The summed E-state index contributed by atoms with van der Waals surface area (Å²) >= 11 is 8.52. The second-order valence-electron chi connectivity index (χ2n) is 2.87. The van der Waals surface area contributed by atoms with E-state index in [9.17, 15) is 0 Å². The second-order valence-corrected chi connectivity index (χ2v) is 6.10. The Balaban J connectivity index is 2.34. The molecule has 5 heteroatoms. The minimum atomic E-state index is -0.542. The van der Waals surface area contributed by atoms with Crippen LogP contribution in [0, 0.1) is 0 Å². The summed E-state index contributed by atoms with van der Waals surface area (Å²) in [6.07, 6.45) is 0. The molecule has 0 atom stereocenters. The first-order valence-corrected chi connectivity index (χ1v) is 6.25. The molecule has 0 unspecified atom stereocenters. The van der Waals surface area contributed by atoms with Crippen molar-refractivity contribution in [3.8, 4) is 0 Å². The molecule has 1 aliphatic rings. The van der Waals surface area contributed by atoms with Crippen LogP contribution in [0.15, 0.2) is 14.3 Å². The first-order valence-electron chi connectivity index (χ1n) is 3.85. The van der Waals surface area contributed by atoms with Crippen LogP contribution in [0.25, 0.3) is 0 Å². The van der Waals surface area contributed by atoms with Crippen molar-refractivity contribution in [2.45, 2.75) is 12.7 Å². The number of hydrogen-bond acceptors (Lipinski definition) is 3. The summed E-state index contributed by atoms with van der Waals surface area (Å²) in [4.78, 5) is 1.09. The minimum Gasteiger partial charge on any atom is -0.343 e. The molecular weight excluding hydrogens is 320 g/mol. The maximum Gasteiger partial charge on any atom is 0.201 e. The first kappa shape index (κ1) is 10.1. The van der Waals surface area contributed by atoms with Crippen LogP contribution in [0.2, 0.25) is 0 Å². The minimum absolute atomic E-state index is 0.542. The molecule has 0 saturated carbocycles. The molecule has 2 rings (SSSR count). The highest BCUT2D eigenvalue weighted by atomic mass is 79.9. The van der Waals surface area contributed by atoms with Gasteiger partial charge in [0.1, 0.15) is 0 Å². The zero-order chi connectivity index (χ0) is 9.47. The molecular formula is C8H8Br2O2S. The van der Waals surface area contributed by atoms with Crippen molar-refractivity contribution >= 4 is 43.2 Å². The third-order valence-corrected chi connectivity index (χ3v) is 5.37. The average molecular weight is 328 g/mol. The molecule has 0 bridgehead atoms. The monoisotopic (exact) mass is 326 g/mol. The van der Waals surface area contributed by atoms with Gasteiger partial charge in [0.25, 0.3) is 0 Å². The summed E-state index contributed by atoms with van der Waals surface area (Å²) in [6, 6.07) is 2.03. The zero-order valence-corrected chi connectivity index (χ0v) is 11.0. The van der Waals surface area contributed by atoms with Crippen LogP contribution in [0.5, 0.6) is 0 Å². The molecule has 0 aliphatic carbocycles. The van der Waals surface area contributed by atoms with Crippen LogP contribution in [-0.4, -0.2) is 13.2 Å². The van der Waals surface area contributed by atoms with Gasteiger partial charge in [-0.25, -0.2) is 0 Å². The Hall–Kier alpha value is 0.580. The Morgan fingerprint density at radius 2 is 2.00 bits per heavy atom. The number of halogens is 2. The summed E-state index contributed by atoms with van der Waals surface area (Å²) in [5.41, 5.74) is 0. The average Bonchev–Trinajstić information content (AvgIpc) is 2.62. The smallest absolute Gasteiger partial charge is 0.201 e. The van der Waals surface area contributed by atoms with Gasteiger partial charge in [0, 0.05) is 4.47 Å². The van der Waals surface area contributed by atoms with E-state index in [1.165, 1.54) is 0 Å². The molecule has 0 spiro atoms. The van der Waals surface area contributed by atoms with Crippen molar-refractivity contribution in [3.05, 3.63) is 19.2 Å². The summed E-state index contributed by atoms with van der Waals surface area (Å²) in [5, 5.41) is 0. The van der Waals surface area contributed by atoms with E-state index in [4.69, 9.17) is 9.47 Å². The number of hydrogen-bond donors (Lipinski definition) is 0. The fourth-order valence-corrected chi connectivity index (χ4v) is 3.32. The van der Waals surface area contributed by atoms with E-state index in [1.54, 1.807) is 11.3 Å². The van der Waals surface area contributed by atoms with Crippen molar-refractivity contribution in [2.24, 2.45) is 0 Å². The standard InChI is InChI=1S/C8H8Br2O2S/c1-8(11-2-3-12-8)6-4-5(9)7(10)13-6/h4H,2-3H2,1H3. The van der Waals surface area contributed by atoms with Crippen LogP contribution in [0.3, 0.4) is 0 Å². The molecule has 72 valence electrons. The van der Waals surface area contributed by atoms with Gasteiger partial charge in [0.2, 0.25) is 5.79 Å². The van der Waals surface area contributed by atoms with Gasteiger partial charge in [0.15, 0.2) is 0 Å². The van der Waals surface area contributed by atoms with Gasteiger partial charge in [-0.05, 0) is 44.8 Å². The van der Waals surface area contributed by atoms with E-state index in [-0.39, 0.29) is 0 Å². The van der Waals surface area contributed by atoms with Gasteiger partial charge < -0.3 is 9.47 Å². The van der Waals surface area contributed by atoms with Crippen LogP contribution < -0.4 is 0 Å². The Bertz CT molecular complexity index is 298. The Morgan fingerprint density at radius 1 is 1.38 bits per heavy atom. The summed E-state index contributed by atoms with van der Waals surface area (Å²) < 4.78 is 13.2. The topological polar surface area (TPSA) is 18.5 Å². The van der Waals surface area contributed by atoms with E-state index in [2.05, 4.69) is 31.9 Å². The molecule has 1 fully saturated rings. The number of rotatable bonds is 1. The molecule has 13 heavy (non-hydrogen) atoms. The molecule has 1 aromatic heterocycles. The molecule has 1 aromatic rings. The van der Waals surface area contributed by atoms with E-state index < -0.39 is 5.79 Å². The quantitative estimate of drug-likeness (QED) is 0.786. The third-order valence-electron chi connectivity index (χ3n) is 1.93. The number of ether oxygens (including phenoxy) is 2. The fourth-order valence-electron chi connectivity index (χ4n) is 1.23. The Kier molecular flexibility index (Phi) is 2.82. The Morgan fingerprint density at radius 3 is 2.46 bits per heavy atom. The van der Waals surface area contributed by atoms with Crippen molar-refractivity contribution in [3.63, 3.8) is 0 Å². The van der Waals surface area contributed by atoms with Gasteiger partial charge >= 0.3 is 0 Å². The predicted octanol–water partition coefficient (Wildman–Crippen LogP) is 3.49. The number of thiophene rings is 1. The van der Waals surface area contributed by atoms with Gasteiger partial charge in [0.05, 0.1) is 21.9 Å². The van der Waals surface area contributed by atoms with E-state index >= 15 is 0 Å². The molecule has 1 saturated heterocycles. The van der Waals surface area contributed by atoms with Gasteiger partial charge in [-0.2, -0.15) is 0 Å². The molecule has 2 nitrogen and oxygen atoms in total. The van der Waals surface area contributed by atoms with Crippen LogP contribution >= 0.6 is 43.2 Å². The van der Waals surface area contributed by atoms with Crippen molar-refractivity contribution in [2.75, 3.05) is 13.2 Å². The van der Waals surface area contributed by atoms with Crippen molar-refractivity contribution in [1.29, 1.82) is 0 Å². The summed E-state index contributed by atoms with van der Waals surface area (Å²) in [5.74, 6) is -0.542. The van der Waals surface area contributed by atoms with Gasteiger partial charge in [-0.15, -0.1) is 11.3 Å². The maximum absolute atomic E-state index is 5.54. The SMILES string of the molecule is CC1(c2cc(Br)c(Br)s2)OCCO1. The van der Waals surface area contributed by atoms with Gasteiger partial charge in [-0.1, -0.05) is 0 Å². The van der Waals surface area contributed by atoms with Gasteiger partial charge in [-0.3, -0.25) is 0 Å². The second kappa shape index (κ2) is 3.62. The normalized spacial score (nSPS) is 20.8. The predicted molar refractivity (Wildman–Crippen MR) is 59.0 cm³/mol. The molecule has 0 aromatic carbocycles. The van der Waals surface area contributed by atoms with E-state index in [0.29, 0.717) is 13.2 Å². The zero-order valence-electron chi connectivity index (χ0n) is 6.97. The highest BCUT2D eigenvalue weighted by Crippen LogP contribution is 2.41. The van der Waals surface area contributed by atoms with Crippen LogP contribution in [0.1, 0.15) is 11.8 Å². The van der Waals surface area contributed by atoms with E-state index in [1.807, 2.05) is 13.0 Å². The molecule has 0 N–H and O–H groups in total. The fraction of sp³-hybridized carbons (Fsp3) is 0.500.